The van der Waals surface area contributed by atoms with Crippen LogP contribution in [-0.2, 0) is 15.6 Å². The van der Waals surface area contributed by atoms with E-state index in [1.807, 2.05) is 6.92 Å². The molecule has 1 aromatic rings. The first-order valence-electron chi connectivity index (χ1n) is 9.96. The van der Waals surface area contributed by atoms with E-state index in [4.69, 9.17) is 4.74 Å². The van der Waals surface area contributed by atoms with Crippen LogP contribution in [-0.4, -0.2) is 46.8 Å². The summed E-state index contributed by atoms with van der Waals surface area (Å²) in [5.41, 5.74) is 1.32. The van der Waals surface area contributed by atoms with Crippen LogP contribution in [0.3, 0.4) is 0 Å². The number of nitrogens with one attached hydrogen (secondary N) is 2. The van der Waals surface area contributed by atoms with Gasteiger partial charge in [0.15, 0.2) is 0 Å². The van der Waals surface area contributed by atoms with Crippen molar-refractivity contribution in [3.63, 3.8) is 0 Å². The molecule has 0 unspecified atom stereocenters. The largest absolute Gasteiger partial charge is 0.494 e. The average Bonchev–Trinajstić information content (AvgIpc) is 3.13. The van der Waals surface area contributed by atoms with Gasteiger partial charge in [0.1, 0.15) is 5.75 Å². The first-order chi connectivity index (χ1) is 13.5. The first-order valence-corrected chi connectivity index (χ1v) is 11.3. The van der Waals surface area contributed by atoms with E-state index < -0.39 is 10.8 Å². The molecule has 0 spiro atoms. The SMILES string of the molecule is CC[S@](=O)[C@@H]1CCCC[C@H]1NC(=O)Nc1ccc(N2CCCC2=O)c(OC)c1. The fraction of sp³-hybridized carbons (Fsp3) is 0.600. The molecule has 1 saturated heterocycles. The summed E-state index contributed by atoms with van der Waals surface area (Å²) in [4.78, 5) is 26.2. The van der Waals surface area contributed by atoms with Gasteiger partial charge in [-0.3, -0.25) is 9.00 Å². The van der Waals surface area contributed by atoms with E-state index >= 15 is 0 Å². The van der Waals surface area contributed by atoms with Gasteiger partial charge in [0, 0.05) is 47.3 Å². The number of urea groups is 1. The molecule has 2 fully saturated rings. The average molecular weight is 408 g/mol. The van der Waals surface area contributed by atoms with Crippen molar-refractivity contribution < 1.29 is 18.5 Å². The highest BCUT2D eigenvalue weighted by Crippen LogP contribution is 2.34. The summed E-state index contributed by atoms with van der Waals surface area (Å²) in [6, 6.07) is 4.91. The molecule has 3 amide bonds. The van der Waals surface area contributed by atoms with Crippen LogP contribution in [0.2, 0.25) is 0 Å². The maximum atomic E-state index is 12.5. The molecule has 3 rings (SSSR count). The normalized spacial score (nSPS) is 23.4. The minimum absolute atomic E-state index is 0.0163. The highest BCUT2D eigenvalue weighted by molar-refractivity contribution is 7.85. The number of amides is 3. The van der Waals surface area contributed by atoms with Crippen LogP contribution < -0.4 is 20.3 Å². The number of hydrogen-bond acceptors (Lipinski definition) is 4. The topological polar surface area (TPSA) is 87.7 Å². The molecule has 8 heteroatoms. The standard InChI is InChI=1S/C20H29N3O4S/c1-3-28(26)18-8-5-4-7-15(18)22-20(25)21-14-10-11-16(17(13-14)27-2)23-12-6-9-19(23)24/h10-11,13,15,18H,3-9,12H2,1-2H3,(H2,21,22,25)/t15-,18-,28+/m1/s1. The number of methoxy groups -OCH3 is 1. The Morgan fingerprint density at radius 3 is 2.75 bits per heavy atom. The molecule has 154 valence electrons. The monoisotopic (exact) mass is 407 g/mol. The van der Waals surface area contributed by atoms with Crippen molar-refractivity contribution in [2.45, 2.75) is 56.7 Å². The van der Waals surface area contributed by atoms with Gasteiger partial charge in [-0.15, -0.1) is 0 Å². The Hall–Kier alpha value is -2.09. The molecule has 7 nitrogen and oxygen atoms in total. The maximum Gasteiger partial charge on any atom is 0.319 e. The number of nitrogens with zero attached hydrogens (tertiary/aromatic N) is 1. The number of benzene rings is 1. The summed E-state index contributed by atoms with van der Waals surface area (Å²) >= 11 is 0. The fourth-order valence-electron chi connectivity index (χ4n) is 4.01. The van der Waals surface area contributed by atoms with Crippen LogP contribution in [0.5, 0.6) is 5.75 Å². The third kappa shape index (κ3) is 4.66. The number of carbonyl (C=O) groups excluding carboxylic acids is 2. The highest BCUT2D eigenvalue weighted by atomic mass is 32.2. The molecule has 3 atom stereocenters. The zero-order valence-corrected chi connectivity index (χ0v) is 17.3. The summed E-state index contributed by atoms with van der Waals surface area (Å²) in [7, 11) is 0.632. The van der Waals surface area contributed by atoms with Crippen LogP contribution >= 0.6 is 0 Å². The molecular formula is C20H29N3O4S. The van der Waals surface area contributed by atoms with E-state index in [2.05, 4.69) is 10.6 Å². The van der Waals surface area contributed by atoms with Crippen molar-refractivity contribution in [2.24, 2.45) is 0 Å². The Bertz CT molecular complexity index is 755. The van der Waals surface area contributed by atoms with Gasteiger partial charge in [-0.05, 0) is 31.4 Å². The van der Waals surface area contributed by atoms with Crippen LogP contribution in [0, 0.1) is 0 Å². The van der Waals surface area contributed by atoms with Crippen LogP contribution in [0.4, 0.5) is 16.2 Å². The maximum absolute atomic E-state index is 12.5. The van der Waals surface area contributed by atoms with E-state index in [9.17, 15) is 13.8 Å². The molecule has 1 aliphatic carbocycles. The number of carbonyl (C=O) groups is 2. The lowest BCUT2D eigenvalue weighted by Crippen LogP contribution is -2.48. The molecule has 28 heavy (non-hydrogen) atoms. The summed E-state index contributed by atoms with van der Waals surface area (Å²) < 4.78 is 17.7. The Labute approximate surface area is 168 Å². The smallest absolute Gasteiger partial charge is 0.319 e. The second-order valence-corrected chi connectivity index (χ2v) is 9.18. The molecule has 1 aliphatic heterocycles. The predicted molar refractivity (Wildman–Crippen MR) is 111 cm³/mol. The van der Waals surface area contributed by atoms with E-state index in [0.29, 0.717) is 30.2 Å². The predicted octanol–water partition coefficient (Wildman–Crippen LogP) is 3.02. The minimum atomic E-state index is -0.920. The third-order valence-electron chi connectivity index (χ3n) is 5.44. The van der Waals surface area contributed by atoms with Crippen molar-refractivity contribution >= 4 is 34.1 Å². The zero-order valence-electron chi connectivity index (χ0n) is 16.5. The zero-order chi connectivity index (χ0) is 20.1. The Morgan fingerprint density at radius 1 is 1.29 bits per heavy atom. The molecule has 1 saturated carbocycles. The third-order valence-corrected chi connectivity index (χ3v) is 7.25. The Balaban J connectivity index is 1.66. The van der Waals surface area contributed by atoms with Gasteiger partial charge in [0.05, 0.1) is 18.0 Å². The van der Waals surface area contributed by atoms with Crippen LogP contribution in [0.1, 0.15) is 45.4 Å². The highest BCUT2D eigenvalue weighted by Gasteiger charge is 2.30. The molecule has 2 N–H and O–H groups in total. The number of hydrogen-bond donors (Lipinski definition) is 2. The lowest BCUT2D eigenvalue weighted by Gasteiger charge is -2.31. The summed E-state index contributed by atoms with van der Waals surface area (Å²) in [5.74, 6) is 1.25. The van der Waals surface area contributed by atoms with Crippen molar-refractivity contribution in [3.05, 3.63) is 18.2 Å². The molecule has 2 aliphatic rings. The van der Waals surface area contributed by atoms with Crippen LogP contribution in [0.25, 0.3) is 0 Å². The van der Waals surface area contributed by atoms with Gasteiger partial charge in [-0.2, -0.15) is 0 Å². The van der Waals surface area contributed by atoms with Gasteiger partial charge in [0.25, 0.3) is 0 Å². The van der Waals surface area contributed by atoms with Crippen molar-refractivity contribution in [1.29, 1.82) is 0 Å². The Kier molecular flexibility index (Phi) is 6.93. The summed E-state index contributed by atoms with van der Waals surface area (Å²) in [6.07, 6.45) is 5.22. The van der Waals surface area contributed by atoms with Crippen molar-refractivity contribution in [3.8, 4) is 5.75 Å². The van der Waals surface area contributed by atoms with E-state index in [1.54, 1.807) is 30.2 Å². The quantitative estimate of drug-likeness (QED) is 0.759. The van der Waals surface area contributed by atoms with Crippen molar-refractivity contribution in [1.82, 2.24) is 5.32 Å². The minimum Gasteiger partial charge on any atom is -0.494 e. The molecule has 1 heterocycles. The van der Waals surface area contributed by atoms with Gasteiger partial charge in [-0.25, -0.2) is 4.79 Å². The Morgan fingerprint density at radius 2 is 2.07 bits per heavy atom. The first kappa shape index (κ1) is 20.6. The number of anilines is 2. The van der Waals surface area contributed by atoms with Gasteiger partial charge in [0.2, 0.25) is 5.91 Å². The van der Waals surface area contributed by atoms with Crippen molar-refractivity contribution in [2.75, 3.05) is 29.6 Å². The van der Waals surface area contributed by atoms with Gasteiger partial charge >= 0.3 is 6.03 Å². The van der Waals surface area contributed by atoms with E-state index in [1.165, 1.54) is 0 Å². The lowest BCUT2D eigenvalue weighted by atomic mass is 9.95. The molecule has 0 radical (unpaired) electrons. The van der Waals surface area contributed by atoms with Gasteiger partial charge in [-0.1, -0.05) is 19.8 Å². The molecular weight excluding hydrogens is 378 g/mol. The fourth-order valence-corrected chi connectivity index (χ4v) is 5.44. The summed E-state index contributed by atoms with van der Waals surface area (Å²) in [5, 5.41) is 5.85. The number of rotatable bonds is 6. The summed E-state index contributed by atoms with van der Waals surface area (Å²) in [6.45, 7) is 2.60. The molecule has 1 aromatic carbocycles. The van der Waals surface area contributed by atoms with Crippen LogP contribution in [0.15, 0.2) is 18.2 Å². The molecule has 0 bridgehead atoms. The second kappa shape index (κ2) is 9.41. The van der Waals surface area contributed by atoms with Gasteiger partial charge < -0.3 is 20.3 Å². The number of ether oxygens (including phenoxy) is 1. The molecule has 0 aromatic heterocycles. The van der Waals surface area contributed by atoms with E-state index in [-0.39, 0.29) is 23.2 Å². The van der Waals surface area contributed by atoms with E-state index in [0.717, 1.165) is 37.8 Å². The second-order valence-electron chi connectivity index (χ2n) is 7.23. The lowest BCUT2D eigenvalue weighted by molar-refractivity contribution is -0.117.